The van der Waals surface area contributed by atoms with Gasteiger partial charge in [0.05, 0.1) is 11.5 Å². The smallest absolute Gasteiger partial charge is 0.329 e. The summed E-state index contributed by atoms with van der Waals surface area (Å²) in [4.78, 5) is 39.5. The number of ether oxygens (including phenoxy) is 1. The first-order chi connectivity index (χ1) is 11.3. The van der Waals surface area contributed by atoms with Gasteiger partial charge < -0.3 is 9.64 Å². The third-order valence-electron chi connectivity index (χ3n) is 3.55. The molecule has 1 saturated heterocycles. The van der Waals surface area contributed by atoms with Gasteiger partial charge in [0.1, 0.15) is 6.04 Å². The molecule has 1 heterocycles. The first kappa shape index (κ1) is 18.1. The van der Waals surface area contributed by atoms with Crippen LogP contribution in [0.5, 0.6) is 0 Å². The van der Waals surface area contributed by atoms with Crippen molar-refractivity contribution in [1.29, 1.82) is 0 Å². The minimum absolute atomic E-state index is 0.202. The number of hydrogen-bond donors (Lipinski definition) is 0. The summed E-state index contributed by atoms with van der Waals surface area (Å²) in [5.74, 6) is -1.06. The molecule has 1 fully saturated rings. The van der Waals surface area contributed by atoms with Crippen molar-refractivity contribution < 1.29 is 19.1 Å². The average Bonchev–Trinajstić information content (AvgIpc) is 2.81. The van der Waals surface area contributed by atoms with Crippen LogP contribution in [-0.4, -0.2) is 48.8 Å². The Morgan fingerprint density at radius 3 is 2.46 bits per heavy atom. The van der Waals surface area contributed by atoms with E-state index in [2.05, 4.69) is 0 Å². The molecule has 1 aliphatic heterocycles. The Labute approximate surface area is 145 Å². The molecule has 1 aromatic carbocycles. The second-order valence-corrected chi connectivity index (χ2v) is 6.46. The number of thioether (sulfide) groups is 1. The summed E-state index contributed by atoms with van der Waals surface area (Å²) in [6.45, 7) is 3.37. The SMILES string of the molecule is CCOC(=O)[C@H](C)N1C(=O)S/C(=C/c2ccc(N(C)C)cc2)C1=O. The van der Waals surface area contributed by atoms with Gasteiger partial charge >= 0.3 is 5.97 Å². The highest BCUT2D eigenvalue weighted by Crippen LogP contribution is 2.34. The average molecular weight is 348 g/mol. The quantitative estimate of drug-likeness (QED) is 0.602. The second kappa shape index (κ2) is 7.53. The number of carbonyl (C=O) groups is 3. The fourth-order valence-electron chi connectivity index (χ4n) is 2.20. The number of imide groups is 1. The first-order valence-electron chi connectivity index (χ1n) is 7.56. The fourth-order valence-corrected chi connectivity index (χ4v) is 3.11. The molecule has 0 radical (unpaired) electrons. The Morgan fingerprint density at radius 2 is 1.92 bits per heavy atom. The highest BCUT2D eigenvalue weighted by atomic mass is 32.2. The highest BCUT2D eigenvalue weighted by molar-refractivity contribution is 8.18. The summed E-state index contributed by atoms with van der Waals surface area (Å²) < 4.78 is 4.88. The molecule has 0 aromatic heterocycles. The molecule has 2 rings (SSSR count). The Kier molecular flexibility index (Phi) is 5.66. The van der Waals surface area contributed by atoms with E-state index in [4.69, 9.17) is 4.74 Å². The van der Waals surface area contributed by atoms with E-state index in [1.54, 1.807) is 13.0 Å². The standard InChI is InChI=1S/C17H20N2O4S/c1-5-23-16(21)11(2)19-15(20)14(24-17(19)22)10-12-6-8-13(9-7-12)18(3)4/h6-11H,5H2,1-4H3/b14-10+/t11-/m0/s1. The molecule has 7 heteroatoms. The van der Waals surface area contributed by atoms with Crippen molar-refractivity contribution in [2.75, 3.05) is 25.6 Å². The number of benzene rings is 1. The van der Waals surface area contributed by atoms with Gasteiger partial charge in [0.25, 0.3) is 11.1 Å². The molecule has 1 aliphatic rings. The van der Waals surface area contributed by atoms with Crippen molar-refractivity contribution in [1.82, 2.24) is 4.90 Å². The van der Waals surface area contributed by atoms with Gasteiger partial charge in [-0.05, 0) is 49.4 Å². The number of hydrogen-bond acceptors (Lipinski definition) is 6. The molecule has 0 saturated carbocycles. The molecule has 1 aromatic rings. The summed E-state index contributed by atoms with van der Waals surface area (Å²) in [7, 11) is 3.88. The van der Waals surface area contributed by atoms with Gasteiger partial charge in [-0.1, -0.05) is 12.1 Å². The third kappa shape index (κ3) is 3.79. The zero-order valence-corrected chi connectivity index (χ0v) is 14.9. The molecule has 0 spiro atoms. The Balaban J connectivity index is 2.19. The molecular weight excluding hydrogens is 328 g/mol. The summed E-state index contributed by atoms with van der Waals surface area (Å²) in [6, 6.07) is 6.67. The molecule has 1 atom stereocenters. The van der Waals surface area contributed by atoms with Gasteiger partial charge in [0.15, 0.2) is 0 Å². The summed E-state index contributed by atoms with van der Waals surface area (Å²) >= 11 is 0.831. The number of esters is 1. The van der Waals surface area contributed by atoms with E-state index in [1.807, 2.05) is 43.3 Å². The summed E-state index contributed by atoms with van der Waals surface area (Å²) in [5.41, 5.74) is 1.85. The van der Waals surface area contributed by atoms with E-state index in [-0.39, 0.29) is 6.61 Å². The van der Waals surface area contributed by atoms with Crippen molar-refractivity contribution in [2.45, 2.75) is 19.9 Å². The van der Waals surface area contributed by atoms with E-state index in [0.717, 1.165) is 27.9 Å². The van der Waals surface area contributed by atoms with Crippen LogP contribution in [0.3, 0.4) is 0 Å². The van der Waals surface area contributed by atoms with Crippen molar-refractivity contribution in [3.8, 4) is 0 Å². The minimum atomic E-state index is -0.931. The van der Waals surface area contributed by atoms with Gasteiger partial charge in [-0.2, -0.15) is 0 Å². The predicted molar refractivity (Wildman–Crippen MR) is 94.7 cm³/mol. The topological polar surface area (TPSA) is 66.9 Å². The van der Waals surface area contributed by atoms with Crippen LogP contribution in [0.1, 0.15) is 19.4 Å². The van der Waals surface area contributed by atoms with Crippen LogP contribution in [0.2, 0.25) is 0 Å². The van der Waals surface area contributed by atoms with Crippen molar-refractivity contribution in [3.63, 3.8) is 0 Å². The Bertz CT molecular complexity index is 682. The molecule has 24 heavy (non-hydrogen) atoms. The monoisotopic (exact) mass is 348 g/mol. The number of carbonyl (C=O) groups excluding carboxylic acids is 3. The molecule has 0 aliphatic carbocycles. The largest absolute Gasteiger partial charge is 0.464 e. The van der Waals surface area contributed by atoms with Crippen LogP contribution < -0.4 is 4.90 Å². The van der Waals surface area contributed by atoms with E-state index in [1.165, 1.54) is 6.92 Å². The van der Waals surface area contributed by atoms with Crippen LogP contribution in [0.4, 0.5) is 10.5 Å². The van der Waals surface area contributed by atoms with Crippen LogP contribution in [0.25, 0.3) is 6.08 Å². The fraction of sp³-hybridized carbons (Fsp3) is 0.353. The number of anilines is 1. The maximum Gasteiger partial charge on any atom is 0.329 e. The lowest BCUT2D eigenvalue weighted by atomic mass is 10.2. The van der Waals surface area contributed by atoms with E-state index in [0.29, 0.717) is 4.91 Å². The predicted octanol–water partition coefficient (Wildman–Crippen LogP) is 2.74. The highest BCUT2D eigenvalue weighted by Gasteiger charge is 2.41. The summed E-state index contributed by atoms with van der Waals surface area (Å²) in [5, 5.41) is -0.461. The maximum atomic E-state index is 12.4. The van der Waals surface area contributed by atoms with Crippen LogP contribution in [-0.2, 0) is 14.3 Å². The van der Waals surface area contributed by atoms with E-state index < -0.39 is 23.2 Å². The molecule has 2 amide bonds. The molecular formula is C17H20N2O4S. The van der Waals surface area contributed by atoms with Crippen molar-refractivity contribution in [2.24, 2.45) is 0 Å². The molecule has 0 unspecified atom stereocenters. The van der Waals surface area contributed by atoms with Gasteiger partial charge in [0.2, 0.25) is 0 Å². The Hall–Kier alpha value is -2.28. The zero-order valence-electron chi connectivity index (χ0n) is 14.1. The number of nitrogens with zero attached hydrogens (tertiary/aromatic N) is 2. The van der Waals surface area contributed by atoms with Crippen molar-refractivity contribution >= 4 is 40.6 Å². The molecule has 6 nitrogen and oxygen atoms in total. The van der Waals surface area contributed by atoms with E-state index in [9.17, 15) is 14.4 Å². The molecule has 0 bridgehead atoms. The Morgan fingerprint density at radius 1 is 1.29 bits per heavy atom. The number of amides is 2. The van der Waals surface area contributed by atoms with Gasteiger partial charge in [-0.15, -0.1) is 0 Å². The lowest BCUT2D eigenvalue weighted by Crippen LogP contribution is -2.42. The minimum Gasteiger partial charge on any atom is -0.464 e. The summed E-state index contributed by atoms with van der Waals surface area (Å²) in [6.07, 6.45) is 1.65. The third-order valence-corrected chi connectivity index (χ3v) is 4.43. The molecule has 128 valence electrons. The lowest BCUT2D eigenvalue weighted by molar-refractivity contribution is -0.150. The van der Waals surface area contributed by atoms with E-state index >= 15 is 0 Å². The lowest BCUT2D eigenvalue weighted by Gasteiger charge is -2.19. The normalized spacial score (nSPS) is 17.3. The molecule has 0 N–H and O–H groups in total. The zero-order chi connectivity index (χ0) is 17.9. The second-order valence-electron chi connectivity index (χ2n) is 5.47. The van der Waals surface area contributed by atoms with Gasteiger partial charge in [0, 0.05) is 19.8 Å². The van der Waals surface area contributed by atoms with Gasteiger partial charge in [-0.25, -0.2) is 4.79 Å². The van der Waals surface area contributed by atoms with Crippen LogP contribution in [0, 0.1) is 0 Å². The maximum absolute atomic E-state index is 12.4. The van der Waals surface area contributed by atoms with Crippen LogP contribution >= 0.6 is 11.8 Å². The number of rotatable bonds is 5. The first-order valence-corrected chi connectivity index (χ1v) is 8.38. The van der Waals surface area contributed by atoms with Gasteiger partial charge in [-0.3, -0.25) is 14.5 Å². The van der Waals surface area contributed by atoms with Crippen LogP contribution in [0.15, 0.2) is 29.2 Å². The van der Waals surface area contributed by atoms with Crippen molar-refractivity contribution in [3.05, 3.63) is 34.7 Å².